The quantitative estimate of drug-likeness (QED) is 0.848. The van der Waals surface area contributed by atoms with E-state index in [1.807, 2.05) is 13.8 Å². The molecular formula is C20H27N5O. The maximum atomic E-state index is 12.4. The van der Waals surface area contributed by atoms with Crippen LogP contribution < -0.4 is 10.5 Å². The second kappa shape index (κ2) is 7.17. The SMILES string of the molecule is Cc1ncn(CC2CCN(c3cc4c(nn3)CCCC4)CC2)c(=O)c1C. The van der Waals surface area contributed by atoms with Crippen LogP contribution >= 0.6 is 0 Å². The molecule has 26 heavy (non-hydrogen) atoms. The molecule has 3 heterocycles. The van der Waals surface area contributed by atoms with E-state index in [0.29, 0.717) is 5.92 Å². The molecule has 0 radical (unpaired) electrons. The highest BCUT2D eigenvalue weighted by atomic mass is 16.1. The van der Waals surface area contributed by atoms with Gasteiger partial charge in [0.2, 0.25) is 0 Å². The van der Waals surface area contributed by atoms with Gasteiger partial charge in [0.15, 0.2) is 5.82 Å². The van der Waals surface area contributed by atoms with Gasteiger partial charge in [-0.2, -0.15) is 5.10 Å². The Hall–Kier alpha value is -2.24. The molecule has 6 heteroatoms. The molecule has 1 fully saturated rings. The lowest BCUT2D eigenvalue weighted by molar-refractivity contribution is 0.349. The van der Waals surface area contributed by atoms with Gasteiger partial charge in [-0.05, 0) is 69.9 Å². The van der Waals surface area contributed by atoms with Crippen LogP contribution in [0.3, 0.4) is 0 Å². The Kier molecular flexibility index (Phi) is 4.74. The highest BCUT2D eigenvalue weighted by Crippen LogP contribution is 2.26. The molecule has 4 rings (SSSR count). The summed E-state index contributed by atoms with van der Waals surface area (Å²) in [6.07, 6.45) is 8.54. The molecule has 2 aromatic heterocycles. The lowest BCUT2D eigenvalue weighted by Crippen LogP contribution is -2.37. The Morgan fingerprint density at radius 1 is 1.12 bits per heavy atom. The number of aromatic nitrogens is 4. The normalized spacial score (nSPS) is 18.0. The minimum atomic E-state index is 0.0977. The number of hydrogen-bond donors (Lipinski definition) is 0. The van der Waals surface area contributed by atoms with Gasteiger partial charge in [0.25, 0.3) is 5.56 Å². The van der Waals surface area contributed by atoms with Crippen LogP contribution in [-0.2, 0) is 19.4 Å². The molecule has 0 aromatic carbocycles. The van der Waals surface area contributed by atoms with E-state index in [2.05, 4.69) is 26.1 Å². The van der Waals surface area contributed by atoms with Gasteiger partial charge >= 0.3 is 0 Å². The molecule has 6 nitrogen and oxygen atoms in total. The van der Waals surface area contributed by atoms with Gasteiger partial charge in [0.1, 0.15) is 0 Å². The van der Waals surface area contributed by atoms with Crippen molar-refractivity contribution in [2.75, 3.05) is 18.0 Å². The summed E-state index contributed by atoms with van der Waals surface area (Å²) in [5.41, 5.74) is 4.26. The Morgan fingerprint density at radius 3 is 2.69 bits per heavy atom. The summed E-state index contributed by atoms with van der Waals surface area (Å²) in [4.78, 5) is 19.1. The van der Waals surface area contributed by atoms with E-state index < -0.39 is 0 Å². The van der Waals surface area contributed by atoms with Gasteiger partial charge in [-0.25, -0.2) is 4.98 Å². The van der Waals surface area contributed by atoms with Crippen LogP contribution in [0.1, 0.15) is 48.2 Å². The average Bonchev–Trinajstić information content (AvgIpc) is 2.68. The van der Waals surface area contributed by atoms with Crippen molar-refractivity contribution in [2.24, 2.45) is 5.92 Å². The summed E-state index contributed by atoms with van der Waals surface area (Å²) < 4.78 is 1.78. The predicted molar refractivity (Wildman–Crippen MR) is 102 cm³/mol. The highest BCUT2D eigenvalue weighted by Gasteiger charge is 2.22. The fourth-order valence-electron chi connectivity index (χ4n) is 4.06. The molecule has 2 aromatic rings. The van der Waals surface area contributed by atoms with Crippen LogP contribution in [0.25, 0.3) is 0 Å². The van der Waals surface area contributed by atoms with Crippen molar-refractivity contribution in [1.29, 1.82) is 0 Å². The van der Waals surface area contributed by atoms with E-state index in [4.69, 9.17) is 0 Å². The molecule has 0 saturated carbocycles. The van der Waals surface area contributed by atoms with Gasteiger partial charge in [-0.15, -0.1) is 5.10 Å². The maximum absolute atomic E-state index is 12.4. The molecule has 138 valence electrons. The second-order valence-corrected chi connectivity index (χ2v) is 7.72. The van der Waals surface area contributed by atoms with Crippen molar-refractivity contribution in [3.63, 3.8) is 0 Å². The zero-order valence-corrected chi connectivity index (χ0v) is 15.7. The molecule has 1 aliphatic carbocycles. The Labute approximate surface area is 154 Å². The first-order valence-corrected chi connectivity index (χ1v) is 9.75. The van der Waals surface area contributed by atoms with Gasteiger partial charge in [-0.3, -0.25) is 9.36 Å². The van der Waals surface area contributed by atoms with Crippen LogP contribution in [0.4, 0.5) is 5.82 Å². The van der Waals surface area contributed by atoms with Crippen molar-refractivity contribution in [2.45, 2.75) is 58.9 Å². The van der Waals surface area contributed by atoms with Crippen molar-refractivity contribution in [3.8, 4) is 0 Å². The molecular weight excluding hydrogens is 326 g/mol. The molecule has 0 bridgehead atoms. The third-order valence-corrected chi connectivity index (χ3v) is 5.97. The summed E-state index contributed by atoms with van der Waals surface area (Å²) in [6.45, 7) is 6.46. The zero-order valence-electron chi connectivity index (χ0n) is 15.7. The van der Waals surface area contributed by atoms with Crippen molar-refractivity contribution in [3.05, 3.63) is 45.3 Å². The fourth-order valence-corrected chi connectivity index (χ4v) is 4.06. The number of anilines is 1. The molecule has 0 spiro atoms. The third-order valence-electron chi connectivity index (χ3n) is 5.97. The topological polar surface area (TPSA) is 63.9 Å². The lowest BCUT2D eigenvalue weighted by Gasteiger charge is -2.33. The van der Waals surface area contributed by atoms with E-state index in [9.17, 15) is 4.79 Å². The summed E-state index contributed by atoms with van der Waals surface area (Å²) in [6, 6.07) is 2.25. The standard InChI is InChI=1S/C20H27N5O/c1-14-15(2)21-13-25(20(14)26)12-16-7-9-24(10-8-16)19-11-17-5-3-4-6-18(17)22-23-19/h11,13,16H,3-10,12H2,1-2H3. The van der Waals surface area contributed by atoms with Gasteiger partial charge in [0.05, 0.1) is 12.0 Å². The second-order valence-electron chi connectivity index (χ2n) is 7.72. The Morgan fingerprint density at radius 2 is 1.88 bits per heavy atom. The average molecular weight is 353 g/mol. The first kappa shape index (κ1) is 17.2. The van der Waals surface area contributed by atoms with E-state index in [0.717, 1.165) is 62.4 Å². The minimum Gasteiger partial charge on any atom is -0.355 e. The van der Waals surface area contributed by atoms with Crippen LogP contribution in [0.15, 0.2) is 17.2 Å². The first-order chi connectivity index (χ1) is 12.6. The Balaban J connectivity index is 1.40. The molecule has 0 N–H and O–H groups in total. The third kappa shape index (κ3) is 3.37. The zero-order chi connectivity index (χ0) is 18.1. The number of hydrogen-bond acceptors (Lipinski definition) is 5. The summed E-state index contributed by atoms with van der Waals surface area (Å²) >= 11 is 0. The van der Waals surface area contributed by atoms with Crippen molar-refractivity contribution >= 4 is 5.82 Å². The molecule has 1 saturated heterocycles. The predicted octanol–water partition coefficient (Wildman–Crippen LogP) is 2.45. The molecule has 0 unspecified atom stereocenters. The van der Waals surface area contributed by atoms with Crippen molar-refractivity contribution in [1.82, 2.24) is 19.7 Å². The smallest absolute Gasteiger partial charge is 0.256 e. The van der Waals surface area contributed by atoms with Gasteiger partial charge in [-0.1, -0.05) is 0 Å². The minimum absolute atomic E-state index is 0.0977. The van der Waals surface area contributed by atoms with E-state index >= 15 is 0 Å². The number of nitrogens with zero attached hydrogens (tertiary/aromatic N) is 5. The summed E-state index contributed by atoms with van der Waals surface area (Å²) in [5, 5.41) is 8.94. The number of rotatable bonds is 3. The van der Waals surface area contributed by atoms with Gasteiger partial charge < -0.3 is 4.90 Å². The maximum Gasteiger partial charge on any atom is 0.256 e. The largest absolute Gasteiger partial charge is 0.355 e. The molecule has 0 atom stereocenters. The van der Waals surface area contributed by atoms with E-state index in [-0.39, 0.29) is 5.56 Å². The molecule has 1 aliphatic heterocycles. The van der Waals surface area contributed by atoms with Crippen molar-refractivity contribution < 1.29 is 0 Å². The lowest BCUT2D eigenvalue weighted by atomic mass is 9.95. The highest BCUT2D eigenvalue weighted by molar-refractivity contribution is 5.42. The number of fused-ring (bicyclic) bond motifs is 1. The monoisotopic (exact) mass is 353 g/mol. The van der Waals surface area contributed by atoms with E-state index in [1.54, 1.807) is 10.9 Å². The summed E-state index contributed by atoms with van der Waals surface area (Å²) in [7, 11) is 0. The first-order valence-electron chi connectivity index (χ1n) is 9.75. The van der Waals surface area contributed by atoms with E-state index in [1.165, 1.54) is 24.1 Å². The van der Waals surface area contributed by atoms with Crippen LogP contribution in [0, 0.1) is 19.8 Å². The van der Waals surface area contributed by atoms with Crippen LogP contribution in [-0.4, -0.2) is 32.8 Å². The number of piperidine rings is 1. The molecule has 0 amide bonds. The van der Waals surface area contributed by atoms with Crippen LogP contribution in [0.5, 0.6) is 0 Å². The Bertz CT molecular complexity index is 852. The molecule has 2 aliphatic rings. The fraction of sp³-hybridized carbons (Fsp3) is 0.600. The van der Waals surface area contributed by atoms with Gasteiger partial charge in [0, 0.05) is 30.9 Å². The van der Waals surface area contributed by atoms with Crippen LogP contribution in [0.2, 0.25) is 0 Å². The summed E-state index contributed by atoms with van der Waals surface area (Å²) in [5.74, 6) is 1.53. The number of aryl methyl sites for hydroxylation is 3.